The Kier molecular flexibility index (Phi) is 5.72. The summed E-state index contributed by atoms with van der Waals surface area (Å²) in [5, 5.41) is 5.92. The Hall–Kier alpha value is -2.32. The number of nitrogens with zero attached hydrogens (tertiary/aromatic N) is 2. The number of benzene rings is 1. The third-order valence-electron chi connectivity index (χ3n) is 3.52. The molecule has 2 N–H and O–H groups in total. The zero-order chi connectivity index (χ0) is 17.6. The van der Waals surface area contributed by atoms with Crippen LogP contribution in [0.4, 0.5) is 4.39 Å². The number of rotatable bonds is 8. The molecule has 2 aromatic heterocycles. The molecule has 0 unspecified atom stereocenters. The van der Waals surface area contributed by atoms with Crippen molar-refractivity contribution in [2.24, 2.45) is 0 Å². The summed E-state index contributed by atoms with van der Waals surface area (Å²) in [7, 11) is 0. The fourth-order valence-corrected chi connectivity index (χ4v) is 3.20. The molecule has 2 heterocycles. The van der Waals surface area contributed by atoms with Gasteiger partial charge in [0.05, 0.1) is 16.0 Å². The molecule has 25 heavy (non-hydrogen) atoms. The first kappa shape index (κ1) is 17.5. The second-order valence-corrected chi connectivity index (χ2v) is 6.62. The molecule has 0 radical (unpaired) electrons. The molecule has 0 atom stereocenters. The molecule has 3 aromatic rings. The van der Waals surface area contributed by atoms with Crippen molar-refractivity contribution in [1.82, 2.24) is 20.3 Å². The number of hydrogen-bond acceptors (Lipinski definition) is 5. The van der Waals surface area contributed by atoms with Crippen LogP contribution in [0.1, 0.15) is 22.9 Å². The van der Waals surface area contributed by atoms with Crippen molar-refractivity contribution >= 4 is 28.3 Å². The molecule has 3 rings (SSSR count). The quantitative estimate of drug-likeness (QED) is 0.604. The molecule has 0 saturated heterocycles. The molecule has 0 bridgehead atoms. The zero-order valence-corrected chi connectivity index (χ0v) is 14.7. The minimum atomic E-state index is -0.323. The van der Waals surface area contributed by atoms with Crippen molar-refractivity contribution < 1.29 is 13.9 Å². The number of thiazole rings is 1. The van der Waals surface area contributed by atoms with Gasteiger partial charge < -0.3 is 15.0 Å². The number of nitrogens with one attached hydrogen (secondary N) is 2. The normalized spacial score (nSPS) is 11.1. The van der Waals surface area contributed by atoms with Gasteiger partial charge in [-0.2, -0.15) is 0 Å². The van der Waals surface area contributed by atoms with Crippen LogP contribution in [0.5, 0.6) is 0 Å². The first-order valence-corrected chi connectivity index (χ1v) is 8.88. The van der Waals surface area contributed by atoms with Crippen LogP contribution in [-0.4, -0.2) is 34.0 Å². The van der Waals surface area contributed by atoms with Gasteiger partial charge in [-0.05, 0) is 31.5 Å². The summed E-state index contributed by atoms with van der Waals surface area (Å²) in [6.45, 7) is 2.69. The average Bonchev–Trinajstić information content (AvgIpc) is 3.17. The highest BCUT2D eigenvalue weighted by Gasteiger charge is 2.06. The van der Waals surface area contributed by atoms with Gasteiger partial charge in [-0.15, -0.1) is 11.3 Å². The second-order valence-electron chi connectivity index (χ2n) is 5.67. The molecule has 6 nitrogen and oxygen atoms in total. The predicted molar refractivity (Wildman–Crippen MR) is 93.9 cm³/mol. The number of fused-ring (bicyclic) bond motifs is 1. The zero-order valence-electron chi connectivity index (χ0n) is 13.8. The number of amides is 1. The number of aromatic amines is 1. The van der Waals surface area contributed by atoms with Gasteiger partial charge in [0.15, 0.2) is 0 Å². The van der Waals surface area contributed by atoms with Crippen molar-refractivity contribution in [3.8, 4) is 0 Å². The number of imidazole rings is 1. The van der Waals surface area contributed by atoms with Gasteiger partial charge in [-0.1, -0.05) is 0 Å². The van der Waals surface area contributed by atoms with E-state index in [4.69, 9.17) is 4.74 Å². The fraction of sp³-hybridized carbons (Fsp3) is 0.353. The summed E-state index contributed by atoms with van der Waals surface area (Å²) < 4.78 is 18.5. The number of aryl methyl sites for hydroxylation is 2. The van der Waals surface area contributed by atoms with E-state index in [1.807, 2.05) is 12.3 Å². The van der Waals surface area contributed by atoms with Gasteiger partial charge in [0.25, 0.3) is 0 Å². The van der Waals surface area contributed by atoms with Crippen molar-refractivity contribution in [1.29, 1.82) is 0 Å². The Morgan fingerprint density at radius 3 is 3.08 bits per heavy atom. The number of carbonyl (C=O) groups is 1. The lowest BCUT2D eigenvalue weighted by molar-refractivity contribution is -0.126. The van der Waals surface area contributed by atoms with Crippen LogP contribution in [-0.2, 0) is 22.6 Å². The van der Waals surface area contributed by atoms with Crippen LogP contribution in [0.3, 0.4) is 0 Å². The fourth-order valence-electron chi connectivity index (χ4n) is 2.38. The van der Waals surface area contributed by atoms with Crippen LogP contribution in [0.25, 0.3) is 11.0 Å². The third kappa shape index (κ3) is 5.07. The van der Waals surface area contributed by atoms with E-state index in [1.54, 1.807) is 17.4 Å². The second kappa shape index (κ2) is 8.17. The third-order valence-corrected chi connectivity index (χ3v) is 4.55. The van der Waals surface area contributed by atoms with Gasteiger partial charge in [0, 0.05) is 24.0 Å². The summed E-state index contributed by atoms with van der Waals surface area (Å²) >= 11 is 1.64. The lowest BCUT2D eigenvalue weighted by Crippen LogP contribution is -2.28. The molecule has 0 aliphatic carbocycles. The summed E-state index contributed by atoms with van der Waals surface area (Å²) in [6, 6.07) is 4.33. The Bertz CT molecular complexity index is 861. The number of hydrogen-bond donors (Lipinski definition) is 2. The van der Waals surface area contributed by atoms with Crippen LogP contribution in [0.2, 0.25) is 0 Å². The SMILES string of the molecule is Cc1csc(CCCNC(=O)COCc2nc3ccc(F)cc3[nH]2)n1. The topological polar surface area (TPSA) is 79.9 Å². The Balaban J connectivity index is 1.34. The van der Waals surface area contributed by atoms with E-state index in [9.17, 15) is 9.18 Å². The highest BCUT2D eigenvalue weighted by molar-refractivity contribution is 7.09. The van der Waals surface area contributed by atoms with Crippen LogP contribution in [0, 0.1) is 12.7 Å². The van der Waals surface area contributed by atoms with Crippen molar-refractivity contribution in [2.75, 3.05) is 13.2 Å². The average molecular weight is 362 g/mol. The summed E-state index contributed by atoms with van der Waals surface area (Å²) in [5.41, 5.74) is 2.31. The van der Waals surface area contributed by atoms with Gasteiger partial charge in [-0.25, -0.2) is 14.4 Å². The standard InChI is InChI=1S/C17H19FN4O2S/c1-11-10-25-17(20-11)3-2-6-19-16(23)9-24-8-15-21-13-5-4-12(18)7-14(13)22-15/h4-5,7,10H,2-3,6,8-9H2,1H3,(H,19,23)(H,21,22). The lowest BCUT2D eigenvalue weighted by Gasteiger charge is -2.04. The maximum atomic E-state index is 13.1. The van der Waals surface area contributed by atoms with E-state index >= 15 is 0 Å². The molecule has 1 amide bonds. The highest BCUT2D eigenvalue weighted by atomic mass is 32.1. The summed E-state index contributed by atoms with van der Waals surface area (Å²) in [5.74, 6) is 0.0703. The van der Waals surface area contributed by atoms with E-state index in [-0.39, 0.29) is 24.9 Å². The van der Waals surface area contributed by atoms with E-state index in [0.717, 1.165) is 23.5 Å². The van der Waals surface area contributed by atoms with Crippen LogP contribution in [0.15, 0.2) is 23.6 Å². The molecule has 0 aliphatic rings. The van der Waals surface area contributed by atoms with Crippen molar-refractivity contribution in [2.45, 2.75) is 26.4 Å². The molecule has 0 spiro atoms. The van der Waals surface area contributed by atoms with E-state index < -0.39 is 0 Å². The van der Waals surface area contributed by atoms with E-state index in [2.05, 4.69) is 20.3 Å². The van der Waals surface area contributed by atoms with E-state index in [0.29, 0.717) is 23.4 Å². The molecule has 0 saturated carbocycles. The van der Waals surface area contributed by atoms with Crippen LogP contribution >= 0.6 is 11.3 Å². The highest BCUT2D eigenvalue weighted by Crippen LogP contribution is 2.13. The van der Waals surface area contributed by atoms with Crippen molar-refractivity contribution in [3.63, 3.8) is 0 Å². The number of aromatic nitrogens is 3. The van der Waals surface area contributed by atoms with Crippen LogP contribution < -0.4 is 5.32 Å². The summed E-state index contributed by atoms with van der Waals surface area (Å²) in [4.78, 5) is 23.4. The number of ether oxygens (including phenoxy) is 1. The maximum absolute atomic E-state index is 13.1. The monoisotopic (exact) mass is 362 g/mol. The summed E-state index contributed by atoms with van der Waals surface area (Å²) in [6.07, 6.45) is 1.70. The van der Waals surface area contributed by atoms with Crippen molar-refractivity contribution in [3.05, 3.63) is 45.9 Å². The first-order chi connectivity index (χ1) is 12.1. The molecule has 8 heteroatoms. The minimum Gasteiger partial charge on any atom is -0.364 e. The molecular weight excluding hydrogens is 343 g/mol. The Morgan fingerprint density at radius 1 is 1.40 bits per heavy atom. The largest absolute Gasteiger partial charge is 0.364 e. The molecule has 0 aliphatic heterocycles. The first-order valence-electron chi connectivity index (χ1n) is 8.00. The smallest absolute Gasteiger partial charge is 0.246 e. The predicted octanol–water partition coefficient (Wildman–Crippen LogP) is 2.73. The molecule has 1 aromatic carbocycles. The Morgan fingerprint density at radius 2 is 2.28 bits per heavy atom. The van der Waals surface area contributed by atoms with Gasteiger partial charge >= 0.3 is 0 Å². The van der Waals surface area contributed by atoms with Gasteiger partial charge in [0.2, 0.25) is 5.91 Å². The van der Waals surface area contributed by atoms with E-state index in [1.165, 1.54) is 12.1 Å². The Labute approximate surface area is 148 Å². The molecule has 0 fully saturated rings. The molecule has 132 valence electrons. The number of carbonyl (C=O) groups excluding carboxylic acids is 1. The van der Waals surface area contributed by atoms with Gasteiger partial charge in [-0.3, -0.25) is 4.79 Å². The number of H-pyrrole nitrogens is 1. The van der Waals surface area contributed by atoms with Gasteiger partial charge in [0.1, 0.15) is 24.9 Å². The number of halogens is 1. The minimum absolute atomic E-state index is 0.0399. The molecular formula is C17H19FN4O2S. The maximum Gasteiger partial charge on any atom is 0.246 e. The lowest BCUT2D eigenvalue weighted by atomic mass is 10.3.